The van der Waals surface area contributed by atoms with Crippen LogP contribution < -0.4 is 0 Å². The van der Waals surface area contributed by atoms with Gasteiger partial charge in [-0.1, -0.05) is 0 Å². The number of amides is 2. The molecule has 0 unspecified atom stereocenters. The van der Waals surface area contributed by atoms with Crippen molar-refractivity contribution in [3.63, 3.8) is 0 Å². The normalized spacial score (nSPS) is 19.2. The van der Waals surface area contributed by atoms with Gasteiger partial charge in [-0.15, -0.1) is 0 Å². The Morgan fingerprint density at radius 3 is 2.64 bits per heavy atom. The van der Waals surface area contributed by atoms with Crippen LogP contribution in [0.5, 0.6) is 0 Å². The smallest absolute Gasteiger partial charge is 0.226 e. The molecule has 7 nitrogen and oxygen atoms in total. The number of carbonyl (C=O) groups is 2. The molecule has 0 aliphatic carbocycles. The first-order chi connectivity index (χ1) is 13.6. The third-order valence-electron chi connectivity index (χ3n) is 6.24. The standard InChI is InChI=1S/C21H27N5O2/c27-19-1-5-21(15-26(19)10-4-18-14-23-16-24-18)6-11-25(12-7-21)20(28)13-17-2-8-22-9-3-17/h2-3,8-9,14,16H,1,4-7,10-13,15H2,(H,23,24). The van der Waals surface area contributed by atoms with Crippen LogP contribution in [-0.2, 0) is 22.4 Å². The Hall–Kier alpha value is -2.70. The molecular formula is C21H27N5O2. The molecule has 2 aliphatic heterocycles. The summed E-state index contributed by atoms with van der Waals surface area (Å²) in [5, 5.41) is 0. The summed E-state index contributed by atoms with van der Waals surface area (Å²) in [7, 11) is 0. The van der Waals surface area contributed by atoms with Gasteiger partial charge in [-0.2, -0.15) is 0 Å². The van der Waals surface area contributed by atoms with Gasteiger partial charge in [-0.25, -0.2) is 4.98 Å². The average molecular weight is 381 g/mol. The highest BCUT2D eigenvalue weighted by Crippen LogP contribution is 2.40. The molecule has 2 fully saturated rings. The zero-order chi connectivity index (χ0) is 19.4. The fourth-order valence-electron chi connectivity index (χ4n) is 4.41. The van der Waals surface area contributed by atoms with Gasteiger partial charge in [0.1, 0.15) is 0 Å². The second kappa shape index (κ2) is 8.12. The number of carbonyl (C=O) groups excluding carboxylic acids is 2. The third-order valence-corrected chi connectivity index (χ3v) is 6.24. The van der Waals surface area contributed by atoms with Crippen LogP contribution in [-0.4, -0.2) is 62.7 Å². The Bertz CT molecular complexity index is 797. The zero-order valence-electron chi connectivity index (χ0n) is 16.1. The summed E-state index contributed by atoms with van der Waals surface area (Å²) < 4.78 is 0. The minimum atomic E-state index is 0.162. The van der Waals surface area contributed by atoms with E-state index in [1.165, 1.54) is 0 Å². The molecule has 2 aromatic rings. The number of hydrogen-bond acceptors (Lipinski definition) is 4. The van der Waals surface area contributed by atoms with Crippen molar-refractivity contribution < 1.29 is 9.59 Å². The van der Waals surface area contributed by atoms with Crippen LogP contribution in [0.3, 0.4) is 0 Å². The van der Waals surface area contributed by atoms with Crippen LogP contribution in [0.15, 0.2) is 37.1 Å². The van der Waals surface area contributed by atoms with Gasteiger partial charge in [0.25, 0.3) is 0 Å². The summed E-state index contributed by atoms with van der Waals surface area (Å²) >= 11 is 0. The lowest BCUT2D eigenvalue weighted by Gasteiger charge is -2.47. The number of aromatic nitrogens is 3. The summed E-state index contributed by atoms with van der Waals surface area (Å²) in [5.41, 5.74) is 2.23. The van der Waals surface area contributed by atoms with Gasteiger partial charge in [-0.3, -0.25) is 14.6 Å². The summed E-state index contributed by atoms with van der Waals surface area (Å²) in [4.78, 5) is 40.2. The highest BCUT2D eigenvalue weighted by Gasteiger charge is 2.41. The molecule has 2 aromatic heterocycles. The summed E-state index contributed by atoms with van der Waals surface area (Å²) in [5.74, 6) is 0.436. The van der Waals surface area contributed by atoms with Crippen molar-refractivity contribution in [1.82, 2.24) is 24.8 Å². The molecule has 7 heteroatoms. The summed E-state index contributed by atoms with van der Waals surface area (Å²) in [6, 6.07) is 3.79. The molecule has 1 spiro atoms. The molecule has 4 heterocycles. The van der Waals surface area contributed by atoms with Gasteiger partial charge in [0.2, 0.25) is 11.8 Å². The van der Waals surface area contributed by atoms with Crippen LogP contribution in [0.4, 0.5) is 0 Å². The van der Waals surface area contributed by atoms with Crippen molar-refractivity contribution in [3.8, 4) is 0 Å². The van der Waals surface area contributed by atoms with Crippen LogP contribution >= 0.6 is 0 Å². The highest BCUT2D eigenvalue weighted by atomic mass is 16.2. The first kappa shape index (κ1) is 18.7. The number of pyridine rings is 1. The van der Waals surface area contributed by atoms with Gasteiger partial charge in [0.05, 0.1) is 12.7 Å². The lowest BCUT2D eigenvalue weighted by molar-refractivity contribution is -0.142. The van der Waals surface area contributed by atoms with Crippen LogP contribution in [0.2, 0.25) is 0 Å². The molecule has 1 N–H and O–H groups in total. The number of aromatic amines is 1. The molecule has 0 atom stereocenters. The number of nitrogens with one attached hydrogen (secondary N) is 1. The van der Waals surface area contributed by atoms with E-state index >= 15 is 0 Å². The molecule has 2 aliphatic rings. The number of nitrogens with zero attached hydrogens (tertiary/aromatic N) is 4. The number of imidazole rings is 1. The maximum Gasteiger partial charge on any atom is 0.226 e. The van der Waals surface area contributed by atoms with E-state index in [1.54, 1.807) is 18.7 Å². The van der Waals surface area contributed by atoms with E-state index in [0.717, 1.165) is 63.1 Å². The van der Waals surface area contributed by atoms with Gasteiger partial charge in [-0.05, 0) is 42.4 Å². The molecule has 2 saturated heterocycles. The van der Waals surface area contributed by atoms with Crippen molar-refractivity contribution in [3.05, 3.63) is 48.3 Å². The molecule has 0 saturated carbocycles. The van der Waals surface area contributed by atoms with Crippen LogP contribution in [0.1, 0.15) is 36.9 Å². The molecule has 0 aromatic carbocycles. The Kier molecular flexibility index (Phi) is 5.41. The lowest BCUT2D eigenvalue weighted by atomic mass is 9.72. The SMILES string of the molecule is O=C(Cc1ccncc1)N1CCC2(CCC(=O)N(CCc3cnc[nH]3)C2)CC1. The molecule has 0 bridgehead atoms. The average Bonchev–Trinajstić information content (AvgIpc) is 3.24. The van der Waals surface area contributed by atoms with Crippen molar-refractivity contribution in [2.75, 3.05) is 26.2 Å². The fourth-order valence-corrected chi connectivity index (χ4v) is 4.41. The molecule has 2 amide bonds. The van der Waals surface area contributed by atoms with E-state index < -0.39 is 0 Å². The maximum atomic E-state index is 12.6. The Morgan fingerprint density at radius 1 is 1.14 bits per heavy atom. The predicted molar refractivity (Wildman–Crippen MR) is 104 cm³/mol. The minimum absolute atomic E-state index is 0.162. The van der Waals surface area contributed by atoms with E-state index in [-0.39, 0.29) is 17.2 Å². The van der Waals surface area contributed by atoms with Crippen molar-refractivity contribution in [1.29, 1.82) is 0 Å². The molecule has 4 rings (SSSR count). The predicted octanol–water partition coefficient (Wildman–Crippen LogP) is 1.82. The van der Waals surface area contributed by atoms with E-state index in [0.29, 0.717) is 12.8 Å². The lowest BCUT2D eigenvalue weighted by Crippen LogP contribution is -2.52. The van der Waals surface area contributed by atoms with Crippen molar-refractivity contribution >= 4 is 11.8 Å². The quantitative estimate of drug-likeness (QED) is 0.857. The van der Waals surface area contributed by atoms with Crippen molar-refractivity contribution in [2.24, 2.45) is 5.41 Å². The minimum Gasteiger partial charge on any atom is -0.348 e. The first-order valence-corrected chi connectivity index (χ1v) is 10.1. The number of H-pyrrole nitrogens is 1. The number of hydrogen-bond donors (Lipinski definition) is 1. The molecular weight excluding hydrogens is 354 g/mol. The highest BCUT2D eigenvalue weighted by molar-refractivity contribution is 5.79. The van der Waals surface area contributed by atoms with Gasteiger partial charge in [0.15, 0.2) is 0 Å². The monoisotopic (exact) mass is 381 g/mol. The summed E-state index contributed by atoms with van der Waals surface area (Å²) in [6.07, 6.45) is 11.7. The second-order valence-electron chi connectivity index (χ2n) is 8.06. The topological polar surface area (TPSA) is 82.2 Å². The summed E-state index contributed by atoms with van der Waals surface area (Å²) in [6.45, 7) is 3.11. The van der Waals surface area contributed by atoms with Crippen LogP contribution in [0, 0.1) is 5.41 Å². The van der Waals surface area contributed by atoms with E-state index in [4.69, 9.17) is 0 Å². The molecule has 28 heavy (non-hydrogen) atoms. The molecule has 148 valence electrons. The largest absolute Gasteiger partial charge is 0.348 e. The Morgan fingerprint density at radius 2 is 1.93 bits per heavy atom. The fraction of sp³-hybridized carbons (Fsp3) is 0.524. The number of likely N-dealkylation sites (tertiary alicyclic amines) is 2. The van der Waals surface area contributed by atoms with Gasteiger partial charge >= 0.3 is 0 Å². The van der Waals surface area contributed by atoms with Crippen LogP contribution in [0.25, 0.3) is 0 Å². The van der Waals surface area contributed by atoms with E-state index in [2.05, 4.69) is 15.0 Å². The van der Waals surface area contributed by atoms with E-state index in [1.807, 2.05) is 28.1 Å². The maximum absolute atomic E-state index is 12.6. The van der Waals surface area contributed by atoms with E-state index in [9.17, 15) is 9.59 Å². The second-order valence-corrected chi connectivity index (χ2v) is 8.06. The van der Waals surface area contributed by atoms with Gasteiger partial charge in [0, 0.05) is 63.3 Å². The van der Waals surface area contributed by atoms with Gasteiger partial charge < -0.3 is 14.8 Å². The number of piperidine rings is 2. The zero-order valence-corrected chi connectivity index (χ0v) is 16.1. The Labute approximate surface area is 165 Å². The molecule has 0 radical (unpaired) electrons. The third kappa shape index (κ3) is 4.24. The number of rotatable bonds is 5. The first-order valence-electron chi connectivity index (χ1n) is 10.1. The van der Waals surface area contributed by atoms with Crippen molar-refractivity contribution in [2.45, 2.75) is 38.5 Å². The Balaban J connectivity index is 1.31.